The Morgan fingerprint density at radius 1 is 1.64 bits per heavy atom. The lowest BCUT2D eigenvalue weighted by atomic mass is 10.1. The zero-order chi connectivity index (χ0) is 7.73. The van der Waals surface area contributed by atoms with Gasteiger partial charge < -0.3 is 10.3 Å². The van der Waals surface area contributed by atoms with Crippen LogP contribution in [0.4, 0.5) is 0 Å². The van der Waals surface area contributed by atoms with E-state index in [2.05, 4.69) is 14.7 Å². The molecule has 4 heteroatoms. The van der Waals surface area contributed by atoms with Crippen molar-refractivity contribution in [3.63, 3.8) is 0 Å². The van der Waals surface area contributed by atoms with E-state index in [9.17, 15) is 0 Å². The largest absolute Gasteiger partial charge is 0.343 e. The van der Waals surface area contributed by atoms with Crippen LogP contribution in [0.3, 0.4) is 0 Å². The van der Waals surface area contributed by atoms with Crippen LogP contribution in [0.5, 0.6) is 0 Å². The van der Waals surface area contributed by atoms with Crippen LogP contribution in [0.15, 0.2) is 10.9 Å². The molecular weight excluding hydrogens is 142 g/mol. The molecule has 11 heavy (non-hydrogen) atoms. The van der Waals surface area contributed by atoms with Gasteiger partial charge in [-0.3, -0.25) is 0 Å². The van der Waals surface area contributed by atoms with Crippen molar-refractivity contribution < 1.29 is 4.52 Å². The third-order valence-corrected chi connectivity index (χ3v) is 2.15. The summed E-state index contributed by atoms with van der Waals surface area (Å²) in [6.45, 7) is 0. The van der Waals surface area contributed by atoms with Gasteiger partial charge in [-0.15, -0.1) is 0 Å². The van der Waals surface area contributed by atoms with Crippen molar-refractivity contribution in [2.24, 2.45) is 5.73 Å². The molecule has 0 saturated heterocycles. The molecule has 1 aliphatic rings. The van der Waals surface area contributed by atoms with Gasteiger partial charge in [-0.1, -0.05) is 5.16 Å². The highest BCUT2D eigenvalue weighted by Gasteiger charge is 2.37. The minimum Gasteiger partial charge on any atom is -0.343 e. The minimum absolute atomic E-state index is 0.0978. The SMILES string of the molecule is NC1(CCc2ncon2)CC1. The first-order valence-electron chi connectivity index (χ1n) is 3.83. The topological polar surface area (TPSA) is 64.9 Å². The molecule has 1 aromatic rings. The number of aryl methyl sites for hydroxylation is 1. The van der Waals surface area contributed by atoms with E-state index in [1.165, 1.54) is 6.39 Å². The van der Waals surface area contributed by atoms with Crippen LogP contribution in [-0.4, -0.2) is 15.7 Å². The maximum atomic E-state index is 5.88. The molecule has 0 spiro atoms. The van der Waals surface area contributed by atoms with Crippen molar-refractivity contribution in [1.82, 2.24) is 10.1 Å². The van der Waals surface area contributed by atoms with Crippen LogP contribution in [-0.2, 0) is 6.42 Å². The fourth-order valence-electron chi connectivity index (χ4n) is 1.07. The van der Waals surface area contributed by atoms with Crippen molar-refractivity contribution >= 4 is 0 Å². The van der Waals surface area contributed by atoms with Crippen LogP contribution in [0.1, 0.15) is 25.1 Å². The summed E-state index contributed by atoms with van der Waals surface area (Å²) < 4.78 is 4.60. The molecule has 0 aliphatic heterocycles. The Morgan fingerprint density at radius 2 is 2.45 bits per heavy atom. The fraction of sp³-hybridized carbons (Fsp3) is 0.714. The average molecular weight is 153 g/mol. The Kier molecular flexibility index (Phi) is 1.42. The van der Waals surface area contributed by atoms with Crippen molar-refractivity contribution in [3.05, 3.63) is 12.2 Å². The van der Waals surface area contributed by atoms with Gasteiger partial charge in [0, 0.05) is 12.0 Å². The molecule has 2 rings (SSSR count). The number of nitrogens with two attached hydrogens (primary N) is 1. The second-order valence-corrected chi connectivity index (χ2v) is 3.21. The maximum absolute atomic E-state index is 5.88. The Balaban J connectivity index is 1.83. The van der Waals surface area contributed by atoms with E-state index in [0.717, 1.165) is 31.5 Å². The van der Waals surface area contributed by atoms with Crippen molar-refractivity contribution in [1.29, 1.82) is 0 Å². The predicted molar refractivity (Wildman–Crippen MR) is 38.8 cm³/mol. The molecule has 0 radical (unpaired) electrons. The molecule has 0 unspecified atom stereocenters. The summed E-state index contributed by atoms with van der Waals surface area (Å²) in [5.41, 5.74) is 5.97. The van der Waals surface area contributed by atoms with Crippen molar-refractivity contribution in [3.8, 4) is 0 Å². The third-order valence-electron chi connectivity index (χ3n) is 2.15. The molecule has 1 aliphatic carbocycles. The predicted octanol–water partition coefficient (Wildman–Crippen LogP) is 0.493. The first-order valence-corrected chi connectivity index (χ1v) is 3.83. The molecule has 1 saturated carbocycles. The average Bonchev–Trinajstić information content (AvgIpc) is 2.53. The van der Waals surface area contributed by atoms with E-state index in [0.29, 0.717) is 0 Å². The molecule has 0 atom stereocenters. The highest BCUT2D eigenvalue weighted by atomic mass is 16.5. The Bertz CT molecular complexity index is 228. The van der Waals surface area contributed by atoms with Gasteiger partial charge in [0.1, 0.15) is 0 Å². The van der Waals surface area contributed by atoms with Crippen LogP contribution in [0.2, 0.25) is 0 Å². The van der Waals surface area contributed by atoms with Crippen molar-refractivity contribution in [2.75, 3.05) is 0 Å². The monoisotopic (exact) mass is 153 g/mol. The molecule has 1 heterocycles. The summed E-state index contributed by atoms with van der Waals surface area (Å²) >= 11 is 0. The molecule has 4 nitrogen and oxygen atoms in total. The summed E-state index contributed by atoms with van der Waals surface area (Å²) in [6, 6.07) is 0. The molecule has 60 valence electrons. The minimum atomic E-state index is 0.0978. The van der Waals surface area contributed by atoms with Gasteiger partial charge in [-0.2, -0.15) is 4.98 Å². The zero-order valence-corrected chi connectivity index (χ0v) is 6.29. The second kappa shape index (κ2) is 2.30. The van der Waals surface area contributed by atoms with Gasteiger partial charge in [0.2, 0.25) is 6.39 Å². The molecule has 0 amide bonds. The zero-order valence-electron chi connectivity index (χ0n) is 6.29. The lowest BCUT2D eigenvalue weighted by Gasteiger charge is -2.03. The summed E-state index contributed by atoms with van der Waals surface area (Å²) in [7, 11) is 0. The molecule has 0 aromatic carbocycles. The lowest BCUT2D eigenvalue weighted by molar-refractivity contribution is 0.407. The van der Waals surface area contributed by atoms with E-state index in [1.54, 1.807) is 0 Å². The summed E-state index contributed by atoms with van der Waals surface area (Å²) in [4.78, 5) is 3.91. The first kappa shape index (κ1) is 6.79. The Labute approximate surface area is 64.8 Å². The quantitative estimate of drug-likeness (QED) is 0.686. The third kappa shape index (κ3) is 1.57. The van der Waals surface area contributed by atoms with Crippen LogP contribution >= 0.6 is 0 Å². The van der Waals surface area contributed by atoms with Crippen LogP contribution in [0.25, 0.3) is 0 Å². The normalized spacial score (nSPS) is 20.1. The number of hydrogen-bond acceptors (Lipinski definition) is 4. The van der Waals surface area contributed by atoms with E-state index in [1.807, 2.05) is 0 Å². The Morgan fingerprint density at radius 3 is 3.00 bits per heavy atom. The number of aromatic nitrogens is 2. The number of nitrogens with zero attached hydrogens (tertiary/aromatic N) is 2. The van der Waals surface area contributed by atoms with Gasteiger partial charge in [-0.05, 0) is 19.3 Å². The first-order chi connectivity index (χ1) is 5.29. The van der Waals surface area contributed by atoms with Gasteiger partial charge >= 0.3 is 0 Å². The molecule has 2 N–H and O–H groups in total. The van der Waals surface area contributed by atoms with Gasteiger partial charge in [0.15, 0.2) is 5.82 Å². The number of hydrogen-bond donors (Lipinski definition) is 1. The van der Waals surface area contributed by atoms with Crippen molar-refractivity contribution in [2.45, 2.75) is 31.2 Å². The van der Waals surface area contributed by atoms with E-state index < -0.39 is 0 Å². The van der Waals surface area contributed by atoms with Gasteiger partial charge in [0.25, 0.3) is 0 Å². The van der Waals surface area contributed by atoms with Crippen LogP contribution < -0.4 is 5.73 Å². The van der Waals surface area contributed by atoms with Crippen LogP contribution in [0, 0.1) is 0 Å². The van der Waals surface area contributed by atoms with Gasteiger partial charge in [-0.25, -0.2) is 0 Å². The highest BCUT2D eigenvalue weighted by molar-refractivity contribution is 5.00. The molecule has 1 aromatic heterocycles. The maximum Gasteiger partial charge on any atom is 0.213 e. The second-order valence-electron chi connectivity index (χ2n) is 3.21. The van der Waals surface area contributed by atoms with E-state index in [4.69, 9.17) is 5.73 Å². The summed E-state index contributed by atoms with van der Waals surface area (Å²) in [5.74, 6) is 0.765. The molecule has 1 fully saturated rings. The number of rotatable bonds is 3. The standard InChI is InChI=1S/C7H11N3O/c8-7(3-4-7)2-1-6-9-5-11-10-6/h5H,1-4,8H2. The smallest absolute Gasteiger partial charge is 0.213 e. The Hall–Kier alpha value is -0.900. The lowest BCUT2D eigenvalue weighted by Crippen LogP contribution is -2.22. The van der Waals surface area contributed by atoms with Gasteiger partial charge in [0.05, 0.1) is 0 Å². The summed E-state index contributed by atoms with van der Waals surface area (Å²) in [5, 5.41) is 3.71. The fourth-order valence-corrected chi connectivity index (χ4v) is 1.07. The molecule has 0 bridgehead atoms. The highest BCUT2D eigenvalue weighted by Crippen LogP contribution is 2.36. The molecular formula is C7H11N3O. The van der Waals surface area contributed by atoms with E-state index in [-0.39, 0.29) is 5.54 Å². The summed E-state index contributed by atoms with van der Waals surface area (Å²) in [6.07, 6.45) is 5.46. The van der Waals surface area contributed by atoms with E-state index >= 15 is 0 Å².